The summed E-state index contributed by atoms with van der Waals surface area (Å²) in [5, 5.41) is 0. The van der Waals surface area contributed by atoms with Crippen LogP contribution in [-0.2, 0) is 0 Å². The van der Waals surface area contributed by atoms with Gasteiger partial charge in [-0.15, -0.1) is 0 Å². The van der Waals surface area contributed by atoms with E-state index in [1.54, 1.807) is 12.3 Å². The lowest BCUT2D eigenvalue weighted by molar-refractivity contribution is 0.103. The Bertz CT molecular complexity index is 827. The number of aromatic nitrogens is 3. The van der Waals surface area contributed by atoms with Crippen LogP contribution < -0.4 is 4.90 Å². The van der Waals surface area contributed by atoms with E-state index in [2.05, 4.69) is 45.8 Å². The minimum absolute atomic E-state index is 0.166. The summed E-state index contributed by atoms with van der Waals surface area (Å²) in [6.07, 6.45) is 4.99. The second kappa shape index (κ2) is 7.08. The molecule has 0 spiro atoms. The fraction of sp³-hybridized carbons (Fsp3) is 0.211. The number of nitrogens with zero attached hydrogens (tertiary/aromatic N) is 3. The van der Waals surface area contributed by atoms with Gasteiger partial charge in [0.25, 0.3) is 0 Å². The van der Waals surface area contributed by atoms with E-state index >= 15 is 0 Å². The maximum absolute atomic E-state index is 12.2. The van der Waals surface area contributed by atoms with Crippen LogP contribution in [0.4, 0.5) is 5.69 Å². The highest BCUT2D eigenvalue weighted by Crippen LogP contribution is 2.16. The number of hydrogen-bond acceptors (Lipinski definition) is 4. The third-order valence-corrected chi connectivity index (χ3v) is 3.94. The van der Waals surface area contributed by atoms with Crippen molar-refractivity contribution in [2.75, 3.05) is 18.0 Å². The smallest absolute Gasteiger partial charge is 0.221 e. The number of ketones is 1. The van der Waals surface area contributed by atoms with Gasteiger partial charge in [-0.05, 0) is 49.8 Å². The summed E-state index contributed by atoms with van der Waals surface area (Å²) in [4.78, 5) is 25.8. The van der Waals surface area contributed by atoms with Gasteiger partial charge in [-0.1, -0.05) is 18.2 Å². The quantitative estimate of drug-likeness (QED) is 0.556. The highest BCUT2D eigenvalue weighted by atomic mass is 16.1. The molecule has 0 amide bonds. The Kier molecular flexibility index (Phi) is 4.70. The van der Waals surface area contributed by atoms with Crippen molar-refractivity contribution >= 4 is 28.7 Å². The third-order valence-electron chi connectivity index (χ3n) is 3.94. The van der Waals surface area contributed by atoms with E-state index in [1.807, 2.05) is 24.3 Å². The Labute approximate surface area is 141 Å². The first-order valence-corrected chi connectivity index (χ1v) is 8.09. The van der Waals surface area contributed by atoms with Crippen LogP contribution in [0.2, 0.25) is 0 Å². The molecule has 2 aromatic heterocycles. The Morgan fingerprint density at radius 1 is 1.17 bits per heavy atom. The average molecular weight is 320 g/mol. The number of carbonyl (C=O) groups is 1. The van der Waals surface area contributed by atoms with Gasteiger partial charge in [-0.3, -0.25) is 4.79 Å². The van der Waals surface area contributed by atoms with E-state index in [1.165, 1.54) is 11.8 Å². The van der Waals surface area contributed by atoms with Crippen molar-refractivity contribution in [3.8, 4) is 0 Å². The van der Waals surface area contributed by atoms with Crippen LogP contribution in [0.1, 0.15) is 30.0 Å². The molecule has 5 heteroatoms. The van der Waals surface area contributed by atoms with E-state index in [0.717, 1.165) is 24.2 Å². The number of pyridine rings is 1. The fourth-order valence-electron chi connectivity index (χ4n) is 2.60. The third kappa shape index (κ3) is 3.35. The van der Waals surface area contributed by atoms with Crippen LogP contribution in [-0.4, -0.2) is 33.8 Å². The molecule has 0 unspecified atom stereocenters. The van der Waals surface area contributed by atoms with Gasteiger partial charge in [0.15, 0.2) is 11.5 Å². The molecule has 1 aromatic carbocycles. The number of fused-ring (bicyclic) bond motifs is 1. The molecule has 3 rings (SSSR count). The summed E-state index contributed by atoms with van der Waals surface area (Å²) in [7, 11) is 0. The molecule has 1 N–H and O–H groups in total. The maximum Gasteiger partial charge on any atom is 0.221 e. The van der Waals surface area contributed by atoms with Gasteiger partial charge in [0.05, 0.1) is 5.52 Å². The SMILES string of the molecule is CCN(CC)c1ccc(/C=C/C(=O)c2nc3ncccc3[nH]2)cc1. The van der Waals surface area contributed by atoms with Crippen LogP contribution in [0.5, 0.6) is 0 Å². The van der Waals surface area contributed by atoms with Gasteiger partial charge >= 0.3 is 0 Å². The first-order chi connectivity index (χ1) is 11.7. The molecular weight excluding hydrogens is 300 g/mol. The van der Waals surface area contributed by atoms with E-state index < -0.39 is 0 Å². The normalized spacial score (nSPS) is 11.2. The second-order valence-corrected chi connectivity index (χ2v) is 5.42. The zero-order valence-electron chi connectivity index (χ0n) is 13.9. The Hall–Kier alpha value is -2.95. The number of imidazole rings is 1. The lowest BCUT2D eigenvalue weighted by Crippen LogP contribution is -2.21. The standard InChI is InChI=1S/C19H20N4O/c1-3-23(4-2)15-10-7-14(8-11-15)9-12-17(24)19-21-16-6-5-13-20-18(16)22-19/h5-13H,3-4H2,1-2H3,(H,20,21,22)/b12-9+. The summed E-state index contributed by atoms with van der Waals surface area (Å²) in [6, 6.07) is 11.8. The minimum Gasteiger partial charge on any atom is -0.372 e. The van der Waals surface area contributed by atoms with Crippen LogP contribution in [0, 0.1) is 0 Å². The molecule has 0 aliphatic heterocycles. The van der Waals surface area contributed by atoms with Crippen molar-refractivity contribution in [1.29, 1.82) is 0 Å². The number of allylic oxidation sites excluding steroid dienone is 1. The molecule has 0 fully saturated rings. The number of H-pyrrole nitrogens is 1. The molecule has 3 aromatic rings. The molecule has 0 atom stereocenters. The lowest BCUT2D eigenvalue weighted by atomic mass is 10.1. The van der Waals surface area contributed by atoms with Crippen molar-refractivity contribution in [3.05, 3.63) is 60.1 Å². The molecule has 5 nitrogen and oxygen atoms in total. The Balaban J connectivity index is 1.74. The average Bonchev–Trinajstić information content (AvgIpc) is 3.06. The molecular formula is C19H20N4O. The van der Waals surface area contributed by atoms with Crippen molar-refractivity contribution < 1.29 is 4.79 Å². The number of aromatic amines is 1. The highest BCUT2D eigenvalue weighted by Gasteiger charge is 2.08. The zero-order valence-corrected chi connectivity index (χ0v) is 13.9. The van der Waals surface area contributed by atoms with Crippen LogP contribution in [0.25, 0.3) is 17.2 Å². The molecule has 122 valence electrons. The Morgan fingerprint density at radius 2 is 1.92 bits per heavy atom. The van der Waals surface area contributed by atoms with E-state index in [0.29, 0.717) is 11.5 Å². The van der Waals surface area contributed by atoms with Gasteiger partial charge in [0.1, 0.15) is 0 Å². The predicted octanol–water partition coefficient (Wildman–Crippen LogP) is 3.70. The second-order valence-electron chi connectivity index (χ2n) is 5.42. The molecule has 0 aliphatic rings. The van der Waals surface area contributed by atoms with Crippen LogP contribution in [0.3, 0.4) is 0 Å². The molecule has 0 radical (unpaired) electrons. The largest absolute Gasteiger partial charge is 0.372 e. The molecule has 24 heavy (non-hydrogen) atoms. The summed E-state index contributed by atoms with van der Waals surface area (Å²) < 4.78 is 0. The highest BCUT2D eigenvalue weighted by molar-refractivity contribution is 6.05. The van der Waals surface area contributed by atoms with Crippen molar-refractivity contribution in [2.45, 2.75) is 13.8 Å². The summed E-state index contributed by atoms with van der Waals surface area (Å²) >= 11 is 0. The van der Waals surface area contributed by atoms with Gasteiger partial charge in [-0.2, -0.15) is 0 Å². The van der Waals surface area contributed by atoms with Gasteiger partial charge in [0.2, 0.25) is 5.78 Å². The summed E-state index contributed by atoms with van der Waals surface area (Å²) in [5.74, 6) is 0.139. The number of benzene rings is 1. The van der Waals surface area contributed by atoms with Gasteiger partial charge in [-0.25, -0.2) is 9.97 Å². The minimum atomic E-state index is -0.166. The number of carbonyl (C=O) groups excluding carboxylic acids is 1. The molecule has 0 bridgehead atoms. The molecule has 0 aliphatic carbocycles. The number of hydrogen-bond donors (Lipinski definition) is 1. The molecule has 0 saturated carbocycles. The van der Waals surface area contributed by atoms with E-state index in [4.69, 9.17) is 0 Å². The molecule has 0 saturated heterocycles. The first kappa shape index (κ1) is 15.9. The van der Waals surface area contributed by atoms with Gasteiger partial charge in [0, 0.05) is 25.0 Å². The van der Waals surface area contributed by atoms with E-state index in [-0.39, 0.29) is 5.78 Å². The summed E-state index contributed by atoms with van der Waals surface area (Å²) in [6.45, 7) is 6.23. The first-order valence-electron chi connectivity index (χ1n) is 8.09. The number of rotatable bonds is 6. The molecule has 2 heterocycles. The van der Waals surface area contributed by atoms with Crippen molar-refractivity contribution in [3.63, 3.8) is 0 Å². The monoisotopic (exact) mass is 320 g/mol. The number of nitrogens with one attached hydrogen (secondary N) is 1. The van der Waals surface area contributed by atoms with Crippen LogP contribution in [0.15, 0.2) is 48.7 Å². The lowest BCUT2D eigenvalue weighted by Gasteiger charge is -2.20. The predicted molar refractivity (Wildman–Crippen MR) is 97.3 cm³/mol. The van der Waals surface area contributed by atoms with Crippen molar-refractivity contribution in [2.24, 2.45) is 0 Å². The van der Waals surface area contributed by atoms with Gasteiger partial charge < -0.3 is 9.88 Å². The van der Waals surface area contributed by atoms with E-state index in [9.17, 15) is 4.79 Å². The number of anilines is 1. The topological polar surface area (TPSA) is 61.9 Å². The van der Waals surface area contributed by atoms with Crippen LogP contribution >= 0.6 is 0 Å². The maximum atomic E-state index is 12.2. The fourth-order valence-corrected chi connectivity index (χ4v) is 2.60. The summed E-state index contributed by atoms with van der Waals surface area (Å²) in [5.41, 5.74) is 3.48. The zero-order chi connectivity index (χ0) is 16.9. The Morgan fingerprint density at radius 3 is 2.58 bits per heavy atom. The van der Waals surface area contributed by atoms with Crippen molar-refractivity contribution in [1.82, 2.24) is 15.0 Å².